The lowest BCUT2D eigenvalue weighted by Crippen LogP contribution is -2.48. The molecule has 4 aromatic carbocycles. The van der Waals surface area contributed by atoms with Gasteiger partial charge in [0, 0.05) is 57.8 Å². The summed E-state index contributed by atoms with van der Waals surface area (Å²) in [5.41, 5.74) is 22.6. The number of hydrogen-bond acceptors (Lipinski definition) is 4. The summed E-state index contributed by atoms with van der Waals surface area (Å²) in [7, 11) is 0. The van der Waals surface area contributed by atoms with Crippen molar-refractivity contribution in [2.75, 3.05) is 9.80 Å². The third-order valence-electron chi connectivity index (χ3n) is 21.6. The summed E-state index contributed by atoms with van der Waals surface area (Å²) >= 11 is 0. The average molecular weight is 987 g/mol. The minimum atomic E-state index is -0.0407. The highest BCUT2D eigenvalue weighted by Crippen LogP contribution is 2.79. The van der Waals surface area contributed by atoms with Gasteiger partial charge in [0.2, 0.25) is 0 Å². The summed E-state index contributed by atoms with van der Waals surface area (Å²) in [6, 6.07) is 27.4. The summed E-state index contributed by atoms with van der Waals surface area (Å²) in [6.45, 7) is 7.73. The van der Waals surface area contributed by atoms with Crippen molar-refractivity contribution in [2.45, 2.75) is 165 Å². The second kappa shape index (κ2) is 17.0. The molecule has 12 aliphatic rings. The number of fused-ring (bicyclic) bond motifs is 7. The van der Waals surface area contributed by atoms with Gasteiger partial charge in [-0.2, -0.15) is 0 Å². The SMILES string of the molecule is Cc1cc(N(c2cccc3c2OC2C=CC=CC32)C2CCC(C3=CCCCC3)CC2)c2c3c1C=CC1[C@H]4C(N(c5ccc(C6=CCCC=C6)cc5)c5cccc6c5OC5C=CCCC65)CC5=C(C(C2)C(C)(C)CC5)C314. The van der Waals surface area contributed by atoms with Gasteiger partial charge in [0.05, 0.1) is 11.4 Å². The van der Waals surface area contributed by atoms with E-state index < -0.39 is 0 Å². The van der Waals surface area contributed by atoms with Crippen LogP contribution in [-0.4, -0.2) is 24.3 Å². The third-order valence-corrected chi connectivity index (χ3v) is 21.6. The molecule has 0 saturated heterocycles. The van der Waals surface area contributed by atoms with Gasteiger partial charge in [0.15, 0.2) is 0 Å². The van der Waals surface area contributed by atoms with Gasteiger partial charge in [-0.1, -0.05) is 128 Å². The molecular formula is C71H74N2O2. The molecule has 0 radical (unpaired) electrons. The maximum Gasteiger partial charge on any atom is 0.147 e. The van der Waals surface area contributed by atoms with Gasteiger partial charge in [0.1, 0.15) is 23.7 Å². The standard InChI is InChI=1S/C71H74N2O2/c1-43-40-61(72(49-32-28-46(29-33-49)44-16-6-4-7-17-44)59-24-14-22-54-52-20-10-12-26-63(52)74-68(54)59)56-42-58-65-48(38-39-70(58,2)3)41-62(67-57-37-36-51(43)66(56)71(57,65)67)73(50-34-30-47(31-35-50)45-18-8-5-9-19-45)60-25-15-23-55-53-21-11-13-27-64(53)75-69(55)60/h8,10,12-16,18-20,22-27,30-31,34-37,40,46,49,52-53,57-58,62-64,67H,4-7,9,11,17,21,28-29,32-33,38-39,41-42H2,1-3H3/t46?,49?,52?,53?,57?,58?,62?,63?,64?,67-,71?/m0/s1. The van der Waals surface area contributed by atoms with Crippen LogP contribution >= 0.6 is 0 Å². The van der Waals surface area contributed by atoms with E-state index in [1.54, 1.807) is 22.3 Å². The summed E-state index contributed by atoms with van der Waals surface area (Å²) in [4.78, 5) is 5.75. The molecule has 0 bridgehead atoms. The summed E-state index contributed by atoms with van der Waals surface area (Å²) in [5.74, 6) is 5.00. The highest BCUT2D eigenvalue weighted by atomic mass is 16.5. The van der Waals surface area contributed by atoms with E-state index in [4.69, 9.17) is 9.47 Å². The Bertz CT molecular complexity index is 3310. The van der Waals surface area contributed by atoms with E-state index in [1.807, 2.05) is 5.57 Å². The number of ether oxygens (including phenoxy) is 2. The third kappa shape index (κ3) is 6.65. The van der Waals surface area contributed by atoms with Crippen molar-refractivity contribution in [3.8, 4) is 11.5 Å². The van der Waals surface area contributed by atoms with E-state index in [0.29, 0.717) is 29.7 Å². The Morgan fingerprint density at radius 1 is 0.667 bits per heavy atom. The Morgan fingerprint density at radius 2 is 1.48 bits per heavy atom. The monoisotopic (exact) mass is 987 g/mol. The second-order valence-corrected chi connectivity index (χ2v) is 25.7. The maximum absolute atomic E-state index is 7.20. The summed E-state index contributed by atoms with van der Waals surface area (Å²) < 4.78 is 14.4. The number of hydrogen-bond donors (Lipinski definition) is 0. The Morgan fingerprint density at radius 3 is 2.31 bits per heavy atom. The van der Waals surface area contributed by atoms with E-state index in [0.717, 1.165) is 55.9 Å². The van der Waals surface area contributed by atoms with Crippen molar-refractivity contribution in [3.63, 3.8) is 0 Å². The van der Waals surface area contributed by atoms with Crippen LogP contribution in [0.1, 0.15) is 161 Å². The van der Waals surface area contributed by atoms with Crippen molar-refractivity contribution in [2.24, 2.45) is 29.1 Å². The van der Waals surface area contributed by atoms with E-state index in [2.05, 4.69) is 170 Å². The first kappa shape index (κ1) is 45.2. The van der Waals surface area contributed by atoms with Gasteiger partial charge in [-0.15, -0.1) is 0 Å². The molecule has 2 aliphatic heterocycles. The molecule has 0 aromatic heterocycles. The maximum atomic E-state index is 7.20. The smallest absolute Gasteiger partial charge is 0.147 e. The molecule has 0 amide bonds. The van der Waals surface area contributed by atoms with Crippen LogP contribution in [0.3, 0.4) is 0 Å². The number of aryl methyl sites for hydroxylation is 1. The molecule has 4 heteroatoms. The fourth-order valence-electron chi connectivity index (χ4n) is 18.1. The molecule has 2 fully saturated rings. The molecular weight excluding hydrogens is 913 g/mol. The number of allylic oxidation sites excluding steroid dienone is 11. The van der Waals surface area contributed by atoms with Crippen LogP contribution in [0, 0.1) is 36.0 Å². The minimum Gasteiger partial charge on any atom is -0.483 e. The quantitative estimate of drug-likeness (QED) is 0.164. The van der Waals surface area contributed by atoms with Crippen LogP contribution in [0.25, 0.3) is 11.6 Å². The van der Waals surface area contributed by atoms with Gasteiger partial charge in [-0.25, -0.2) is 0 Å². The van der Waals surface area contributed by atoms with Crippen molar-refractivity contribution < 1.29 is 9.47 Å². The van der Waals surface area contributed by atoms with Crippen LogP contribution in [-0.2, 0) is 11.8 Å². The normalized spacial score (nSPS) is 33.2. The zero-order valence-corrected chi connectivity index (χ0v) is 44.6. The first-order valence-electron chi connectivity index (χ1n) is 29.8. The lowest BCUT2D eigenvalue weighted by atomic mass is 9.52. The zero-order valence-electron chi connectivity index (χ0n) is 44.6. The fourth-order valence-corrected chi connectivity index (χ4v) is 18.1. The topological polar surface area (TPSA) is 24.9 Å². The minimum absolute atomic E-state index is 0.0407. The molecule has 2 heterocycles. The van der Waals surface area contributed by atoms with Crippen molar-refractivity contribution in [1.82, 2.24) is 0 Å². The molecule has 4 aromatic rings. The van der Waals surface area contributed by atoms with Crippen LogP contribution in [0.2, 0.25) is 0 Å². The number of benzene rings is 4. The molecule has 1 spiro atoms. The number of nitrogens with zero attached hydrogens (tertiary/aromatic N) is 2. The summed E-state index contributed by atoms with van der Waals surface area (Å²) in [5, 5.41) is 0. The Kier molecular flexibility index (Phi) is 10.2. The van der Waals surface area contributed by atoms with Gasteiger partial charge >= 0.3 is 0 Å². The van der Waals surface area contributed by atoms with Gasteiger partial charge in [-0.3, -0.25) is 0 Å². The molecule has 380 valence electrons. The average Bonchev–Trinajstić information content (AvgIpc) is 3.69. The van der Waals surface area contributed by atoms with Crippen molar-refractivity contribution in [3.05, 3.63) is 189 Å². The lowest BCUT2D eigenvalue weighted by molar-refractivity contribution is 0.178. The van der Waals surface area contributed by atoms with E-state index >= 15 is 0 Å². The molecule has 75 heavy (non-hydrogen) atoms. The van der Waals surface area contributed by atoms with E-state index in [-0.39, 0.29) is 35.0 Å². The highest BCUT2D eigenvalue weighted by molar-refractivity contribution is 5.86. The van der Waals surface area contributed by atoms with Crippen LogP contribution in [0.15, 0.2) is 150 Å². The number of anilines is 4. The van der Waals surface area contributed by atoms with Crippen LogP contribution < -0.4 is 19.3 Å². The van der Waals surface area contributed by atoms with E-state index in [1.165, 1.54) is 120 Å². The zero-order chi connectivity index (χ0) is 49.7. The first-order chi connectivity index (χ1) is 36.8. The predicted octanol–water partition coefficient (Wildman–Crippen LogP) is 17.5. The molecule has 9 atom stereocenters. The molecule has 16 rings (SSSR count). The predicted molar refractivity (Wildman–Crippen MR) is 308 cm³/mol. The van der Waals surface area contributed by atoms with Gasteiger partial charge < -0.3 is 19.3 Å². The van der Waals surface area contributed by atoms with Crippen LogP contribution in [0.4, 0.5) is 22.7 Å². The molecule has 4 nitrogen and oxygen atoms in total. The second-order valence-electron chi connectivity index (χ2n) is 25.7. The Labute approximate surface area is 446 Å². The molecule has 2 saturated carbocycles. The summed E-state index contributed by atoms with van der Waals surface area (Å²) in [6.07, 6.45) is 48.4. The Hall–Kier alpha value is -6.00. The van der Waals surface area contributed by atoms with Crippen molar-refractivity contribution in [1.29, 1.82) is 0 Å². The van der Waals surface area contributed by atoms with Gasteiger partial charge in [0.25, 0.3) is 0 Å². The number of rotatable bonds is 8. The lowest BCUT2D eigenvalue weighted by Gasteiger charge is -2.54. The highest BCUT2D eigenvalue weighted by Gasteiger charge is 2.76. The van der Waals surface area contributed by atoms with Crippen LogP contribution in [0.5, 0.6) is 11.5 Å². The Balaban J connectivity index is 0.878. The van der Waals surface area contributed by atoms with Crippen molar-refractivity contribution >= 4 is 34.4 Å². The molecule has 10 aliphatic carbocycles. The van der Waals surface area contributed by atoms with E-state index in [9.17, 15) is 0 Å². The number of para-hydroxylation sites is 2. The molecule has 8 unspecified atom stereocenters. The van der Waals surface area contributed by atoms with Gasteiger partial charge in [-0.05, 0) is 209 Å². The first-order valence-corrected chi connectivity index (χ1v) is 29.8. The fraction of sp³-hybridized carbons (Fsp3) is 0.437. The largest absolute Gasteiger partial charge is 0.483 e. The molecule has 0 N–H and O–H groups in total.